The highest BCUT2D eigenvalue weighted by Crippen LogP contribution is 2.31. The minimum Gasteiger partial charge on any atom is -0.307 e. The summed E-state index contributed by atoms with van der Waals surface area (Å²) in [5.74, 6) is 0.484. The molecule has 1 atom stereocenters. The standard InChI is InChI=1S/C17H24N2S/c1-10(2)14-9-20-17(19-14)16(18-6)15-12(4)7-11(3)8-13(15)5/h7-10,16,18H,1-6H3. The van der Waals surface area contributed by atoms with Gasteiger partial charge in [0.15, 0.2) is 0 Å². The molecule has 1 unspecified atom stereocenters. The van der Waals surface area contributed by atoms with E-state index in [1.165, 1.54) is 27.9 Å². The summed E-state index contributed by atoms with van der Waals surface area (Å²) >= 11 is 1.75. The zero-order valence-corrected chi connectivity index (χ0v) is 14.1. The number of nitrogens with zero attached hydrogens (tertiary/aromatic N) is 1. The van der Waals surface area contributed by atoms with Crippen LogP contribution >= 0.6 is 11.3 Å². The van der Waals surface area contributed by atoms with E-state index in [0.29, 0.717) is 5.92 Å². The number of hydrogen-bond acceptors (Lipinski definition) is 3. The molecule has 0 spiro atoms. The van der Waals surface area contributed by atoms with Gasteiger partial charge in [0.2, 0.25) is 0 Å². The average molecular weight is 288 g/mol. The van der Waals surface area contributed by atoms with Crippen molar-refractivity contribution in [3.8, 4) is 0 Å². The second-order valence-electron chi connectivity index (χ2n) is 5.80. The third-order valence-corrected chi connectivity index (χ3v) is 4.62. The van der Waals surface area contributed by atoms with Crippen molar-refractivity contribution in [1.82, 2.24) is 10.3 Å². The van der Waals surface area contributed by atoms with Gasteiger partial charge in [-0.05, 0) is 50.4 Å². The molecule has 20 heavy (non-hydrogen) atoms. The first-order chi connectivity index (χ1) is 9.43. The van der Waals surface area contributed by atoms with Crippen molar-refractivity contribution in [3.63, 3.8) is 0 Å². The molecule has 0 radical (unpaired) electrons. The van der Waals surface area contributed by atoms with Gasteiger partial charge in [-0.3, -0.25) is 0 Å². The Bertz CT molecular complexity index is 576. The predicted molar refractivity (Wildman–Crippen MR) is 87.8 cm³/mol. The van der Waals surface area contributed by atoms with Crippen molar-refractivity contribution in [3.05, 3.63) is 50.5 Å². The molecule has 0 aliphatic rings. The molecule has 3 heteroatoms. The molecule has 0 amide bonds. The number of thiazole rings is 1. The zero-order chi connectivity index (χ0) is 14.9. The highest BCUT2D eigenvalue weighted by molar-refractivity contribution is 7.09. The van der Waals surface area contributed by atoms with E-state index in [2.05, 4.69) is 57.4 Å². The van der Waals surface area contributed by atoms with Gasteiger partial charge >= 0.3 is 0 Å². The number of hydrogen-bond donors (Lipinski definition) is 1. The lowest BCUT2D eigenvalue weighted by molar-refractivity contribution is 0.671. The van der Waals surface area contributed by atoms with Gasteiger partial charge in [0.1, 0.15) is 5.01 Å². The lowest BCUT2D eigenvalue weighted by Gasteiger charge is -2.20. The normalized spacial score (nSPS) is 12.9. The van der Waals surface area contributed by atoms with Crippen molar-refractivity contribution < 1.29 is 0 Å². The fourth-order valence-electron chi connectivity index (χ4n) is 2.74. The molecule has 2 nitrogen and oxygen atoms in total. The van der Waals surface area contributed by atoms with Crippen LogP contribution in [0.5, 0.6) is 0 Å². The molecule has 1 heterocycles. The van der Waals surface area contributed by atoms with E-state index in [1.54, 1.807) is 11.3 Å². The lowest BCUT2D eigenvalue weighted by atomic mass is 9.94. The molecule has 0 aliphatic heterocycles. The SMILES string of the molecule is CNC(c1nc(C(C)C)cs1)c1c(C)cc(C)cc1C. The second kappa shape index (κ2) is 6.06. The van der Waals surface area contributed by atoms with Crippen LogP contribution in [0.1, 0.15) is 58.8 Å². The summed E-state index contributed by atoms with van der Waals surface area (Å²) in [6, 6.07) is 4.70. The Morgan fingerprint density at radius 2 is 1.70 bits per heavy atom. The van der Waals surface area contributed by atoms with Gasteiger partial charge < -0.3 is 5.32 Å². The second-order valence-corrected chi connectivity index (χ2v) is 6.69. The van der Waals surface area contributed by atoms with Crippen LogP contribution in [-0.4, -0.2) is 12.0 Å². The molecule has 1 aromatic carbocycles. The monoisotopic (exact) mass is 288 g/mol. The van der Waals surface area contributed by atoms with Gasteiger partial charge in [-0.25, -0.2) is 4.98 Å². The first kappa shape index (κ1) is 15.2. The van der Waals surface area contributed by atoms with E-state index in [9.17, 15) is 0 Å². The van der Waals surface area contributed by atoms with E-state index >= 15 is 0 Å². The quantitative estimate of drug-likeness (QED) is 0.896. The number of benzene rings is 1. The van der Waals surface area contributed by atoms with E-state index in [-0.39, 0.29) is 6.04 Å². The Kier molecular flexibility index (Phi) is 4.61. The van der Waals surface area contributed by atoms with Crippen molar-refractivity contribution in [2.75, 3.05) is 7.05 Å². The highest BCUT2D eigenvalue weighted by atomic mass is 32.1. The topological polar surface area (TPSA) is 24.9 Å². The molecule has 2 aromatic rings. The summed E-state index contributed by atoms with van der Waals surface area (Å²) in [5.41, 5.74) is 6.54. The van der Waals surface area contributed by atoms with Crippen LogP contribution < -0.4 is 5.32 Å². The minimum absolute atomic E-state index is 0.188. The number of aryl methyl sites for hydroxylation is 3. The molecule has 2 rings (SSSR count). The Balaban J connectivity index is 2.47. The largest absolute Gasteiger partial charge is 0.307 e. The molecule has 108 valence electrons. The maximum atomic E-state index is 4.82. The van der Waals surface area contributed by atoms with Gasteiger partial charge in [0.05, 0.1) is 11.7 Å². The Morgan fingerprint density at radius 3 is 2.15 bits per heavy atom. The summed E-state index contributed by atoms with van der Waals surface area (Å²) in [7, 11) is 2.01. The van der Waals surface area contributed by atoms with Crippen molar-refractivity contribution in [2.45, 2.75) is 46.6 Å². The number of rotatable bonds is 4. The van der Waals surface area contributed by atoms with Crippen molar-refractivity contribution in [2.24, 2.45) is 0 Å². The molecule has 0 saturated heterocycles. The summed E-state index contributed by atoms with van der Waals surface area (Å²) in [6.45, 7) is 10.9. The van der Waals surface area contributed by atoms with E-state index < -0.39 is 0 Å². The number of aromatic nitrogens is 1. The van der Waals surface area contributed by atoms with Crippen molar-refractivity contribution in [1.29, 1.82) is 0 Å². The van der Waals surface area contributed by atoms with Gasteiger partial charge in [0.25, 0.3) is 0 Å². The molecule has 0 saturated carbocycles. The molecule has 1 N–H and O–H groups in total. The summed E-state index contributed by atoms with van der Waals surface area (Å²) < 4.78 is 0. The third kappa shape index (κ3) is 2.94. The lowest BCUT2D eigenvalue weighted by Crippen LogP contribution is -2.20. The van der Waals surface area contributed by atoms with Crippen LogP contribution in [0.2, 0.25) is 0 Å². The van der Waals surface area contributed by atoms with Crippen LogP contribution in [0.3, 0.4) is 0 Å². The molecule has 0 fully saturated rings. The fourth-order valence-corrected chi connectivity index (χ4v) is 3.83. The van der Waals surface area contributed by atoms with E-state index in [4.69, 9.17) is 4.98 Å². The Labute approximate surface area is 126 Å². The van der Waals surface area contributed by atoms with Gasteiger partial charge in [0, 0.05) is 5.38 Å². The minimum atomic E-state index is 0.188. The van der Waals surface area contributed by atoms with Crippen molar-refractivity contribution >= 4 is 11.3 Å². The van der Waals surface area contributed by atoms with Crippen LogP contribution in [-0.2, 0) is 0 Å². The first-order valence-electron chi connectivity index (χ1n) is 7.14. The smallest absolute Gasteiger partial charge is 0.114 e. The first-order valence-corrected chi connectivity index (χ1v) is 8.02. The number of nitrogens with one attached hydrogen (secondary N) is 1. The zero-order valence-electron chi connectivity index (χ0n) is 13.2. The van der Waals surface area contributed by atoms with Crippen LogP contribution in [0.15, 0.2) is 17.5 Å². The maximum absolute atomic E-state index is 4.82. The maximum Gasteiger partial charge on any atom is 0.114 e. The van der Waals surface area contributed by atoms with E-state index in [1.807, 2.05) is 7.05 Å². The van der Waals surface area contributed by atoms with Crippen LogP contribution in [0.4, 0.5) is 0 Å². The summed E-state index contributed by atoms with van der Waals surface area (Å²) in [6.07, 6.45) is 0. The molecule has 0 aliphatic carbocycles. The Hall–Kier alpha value is -1.19. The van der Waals surface area contributed by atoms with Crippen LogP contribution in [0.25, 0.3) is 0 Å². The molecular weight excluding hydrogens is 264 g/mol. The molecule has 1 aromatic heterocycles. The van der Waals surface area contributed by atoms with E-state index in [0.717, 1.165) is 5.01 Å². The molecular formula is C17H24N2S. The Morgan fingerprint density at radius 1 is 1.10 bits per heavy atom. The average Bonchev–Trinajstić information content (AvgIpc) is 2.82. The fraction of sp³-hybridized carbons (Fsp3) is 0.471. The van der Waals surface area contributed by atoms with Gasteiger partial charge in [-0.2, -0.15) is 0 Å². The predicted octanol–water partition coefficient (Wildman–Crippen LogP) is 4.50. The molecule has 0 bridgehead atoms. The van der Waals surface area contributed by atoms with Gasteiger partial charge in [-0.15, -0.1) is 11.3 Å². The van der Waals surface area contributed by atoms with Crippen LogP contribution in [0, 0.1) is 20.8 Å². The summed E-state index contributed by atoms with van der Waals surface area (Å²) in [4.78, 5) is 4.82. The highest BCUT2D eigenvalue weighted by Gasteiger charge is 2.20. The third-order valence-electron chi connectivity index (χ3n) is 3.69. The van der Waals surface area contributed by atoms with Gasteiger partial charge in [-0.1, -0.05) is 31.5 Å². The summed E-state index contributed by atoms with van der Waals surface area (Å²) in [5, 5.41) is 6.78.